The van der Waals surface area contributed by atoms with E-state index in [1.54, 1.807) is 15.9 Å². The zero-order valence-corrected chi connectivity index (χ0v) is 20.3. The SMILES string of the molecule is CCCCCCCCC(=O)N(CC(=O)N1CCn2cccc2C1c1cccc(F)c1)C(C)C. The molecule has 0 bridgehead atoms. The molecule has 0 saturated carbocycles. The van der Waals surface area contributed by atoms with E-state index in [1.165, 1.54) is 31.4 Å². The monoisotopic (exact) mass is 455 g/mol. The van der Waals surface area contributed by atoms with Crippen LogP contribution < -0.4 is 0 Å². The number of hydrogen-bond donors (Lipinski definition) is 0. The van der Waals surface area contributed by atoms with Gasteiger partial charge in [-0.3, -0.25) is 9.59 Å². The Morgan fingerprint density at radius 1 is 1.06 bits per heavy atom. The van der Waals surface area contributed by atoms with E-state index in [1.807, 2.05) is 38.2 Å². The number of rotatable bonds is 11. The zero-order chi connectivity index (χ0) is 23.8. The fourth-order valence-corrected chi connectivity index (χ4v) is 4.67. The Morgan fingerprint density at radius 2 is 1.82 bits per heavy atom. The summed E-state index contributed by atoms with van der Waals surface area (Å²) in [6.07, 6.45) is 9.22. The van der Waals surface area contributed by atoms with Gasteiger partial charge in [0.1, 0.15) is 12.4 Å². The number of unbranched alkanes of at least 4 members (excludes halogenated alkanes) is 5. The topological polar surface area (TPSA) is 45.6 Å². The van der Waals surface area contributed by atoms with E-state index in [0.717, 1.165) is 30.5 Å². The second kappa shape index (κ2) is 12.0. The highest BCUT2D eigenvalue weighted by Crippen LogP contribution is 2.33. The number of carbonyl (C=O) groups is 2. The van der Waals surface area contributed by atoms with Crippen molar-refractivity contribution in [3.63, 3.8) is 0 Å². The van der Waals surface area contributed by atoms with E-state index in [4.69, 9.17) is 0 Å². The molecule has 2 heterocycles. The molecule has 1 aromatic carbocycles. The summed E-state index contributed by atoms with van der Waals surface area (Å²) in [7, 11) is 0. The molecule has 0 radical (unpaired) electrons. The van der Waals surface area contributed by atoms with Crippen molar-refractivity contribution in [2.75, 3.05) is 13.1 Å². The quantitative estimate of drug-likeness (QED) is 0.417. The van der Waals surface area contributed by atoms with Gasteiger partial charge in [0.2, 0.25) is 11.8 Å². The molecule has 6 heteroatoms. The van der Waals surface area contributed by atoms with Crippen molar-refractivity contribution in [3.05, 3.63) is 59.7 Å². The lowest BCUT2D eigenvalue weighted by Crippen LogP contribution is -2.49. The highest BCUT2D eigenvalue weighted by atomic mass is 19.1. The molecule has 0 aliphatic carbocycles. The number of nitrogens with zero attached hydrogens (tertiary/aromatic N) is 3. The molecule has 0 saturated heterocycles. The molecule has 0 spiro atoms. The lowest BCUT2D eigenvalue weighted by Gasteiger charge is -2.39. The van der Waals surface area contributed by atoms with Crippen LogP contribution in [0.25, 0.3) is 0 Å². The van der Waals surface area contributed by atoms with Crippen LogP contribution in [-0.2, 0) is 16.1 Å². The molecule has 1 aliphatic heterocycles. The summed E-state index contributed by atoms with van der Waals surface area (Å²) in [4.78, 5) is 29.9. The highest BCUT2D eigenvalue weighted by Gasteiger charge is 2.34. The molecule has 0 fully saturated rings. The van der Waals surface area contributed by atoms with Crippen molar-refractivity contribution in [1.82, 2.24) is 14.4 Å². The third-order valence-electron chi connectivity index (χ3n) is 6.52. The first kappa shape index (κ1) is 25.0. The van der Waals surface area contributed by atoms with E-state index in [-0.39, 0.29) is 36.3 Å². The van der Waals surface area contributed by atoms with Crippen molar-refractivity contribution in [3.8, 4) is 0 Å². The van der Waals surface area contributed by atoms with Gasteiger partial charge in [-0.15, -0.1) is 0 Å². The van der Waals surface area contributed by atoms with Crippen LogP contribution in [0.5, 0.6) is 0 Å². The number of halogens is 1. The molecule has 1 aliphatic rings. The van der Waals surface area contributed by atoms with Gasteiger partial charge < -0.3 is 14.4 Å². The lowest BCUT2D eigenvalue weighted by molar-refractivity contribution is -0.143. The number of fused-ring (bicyclic) bond motifs is 1. The number of benzene rings is 1. The number of amides is 2. The van der Waals surface area contributed by atoms with Gasteiger partial charge in [0.05, 0.1) is 6.04 Å². The van der Waals surface area contributed by atoms with Crippen molar-refractivity contribution in [2.45, 2.75) is 84.3 Å². The Bertz CT molecular complexity index is 924. The Morgan fingerprint density at radius 3 is 2.55 bits per heavy atom. The fraction of sp³-hybridized carbons (Fsp3) is 0.556. The third-order valence-corrected chi connectivity index (χ3v) is 6.52. The van der Waals surface area contributed by atoms with Gasteiger partial charge in [-0.25, -0.2) is 4.39 Å². The minimum Gasteiger partial charge on any atom is -0.348 e. The molecular formula is C27H38FN3O2. The minimum atomic E-state index is -0.361. The summed E-state index contributed by atoms with van der Waals surface area (Å²) in [6, 6.07) is 9.98. The second-order valence-electron chi connectivity index (χ2n) is 9.30. The molecule has 2 aromatic rings. The molecular weight excluding hydrogens is 417 g/mol. The van der Waals surface area contributed by atoms with E-state index >= 15 is 0 Å². The van der Waals surface area contributed by atoms with Crippen LogP contribution in [0, 0.1) is 5.82 Å². The van der Waals surface area contributed by atoms with Gasteiger partial charge in [-0.1, -0.05) is 51.2 Å². The average molecular weight is 456 g/mol. The van der Waals surface area contributed by atoms with Crippen molar-refractivity contribution in [2.24, 2.45) is 0 Å². The van der Waals surface area contributed by atoms with Gasteiger partial charge in [0.15, 0.2) is 0 Å². The van der Waals surface area contributed by atoms with Gasteiger partial charge in [-0.2, -0.15) is 0 Å². The lowest BCUT2D eigenvalue weighted by atomic mass is 9.99. The number of aromatic nitrogens is 1. The second-order valence-corrected chi connectivity index (χ2v) is 9.30. The molecule has 2 amide bonds. The van der Waals surface area contributed by atoms with Crippen LogP contribution in [0.1, 0.15) is 83.0 Å². The smallest absolute Gasteiger partial charge is 0.243 e. The van der Waals surface area contributed by atoms with E-state index in [9.17, 15) is 14.0 Å². The average Bonchev–Trinajstić information content (AvgIpc) is 3.27. The van der Waals surface area contributed by atoms with Crippen LogP contribution in [0.2, 0.25) is 0 Å². The predicted molar refractivity (Wildman–Crippen MR) is 129 cm³/mol. The molecule has 180 valence electrons. The summed E-state index contributed by atoms with van der Waals surface area (Å²) in [5.41, 5.74) is 1.72. The van der Waals surface area contributed by atoms with E-state index < -0.39 is 0 Å². The Balaban J connectivity index is 1.70. The van der Waals surface area contributed by atoms with Gasteiger partial charge in [0.25, 0.3) is 0 Å². The molecule has 1 atom stereocenters. The third kappa shape index (κ3) is 6.46. The maximum absolute atomic E-state index is 14.0. The standard InChI is InChI=1S/C27H38FN3O2/c1-4-5-6-7-8-9-15-25(32)31(21(2)3)20-26(33)30-18-17-29-16-11-14-24(29)27(30)22-12-10-13-23(28)19-22/h10-14,16,19,21,27H,4-9,15,17-18,20H2,1-3H3. The summed E-state index contributed by atoms with van der Waals surface area (Å²) in [5.74, 6) is -0.375. The van der Waals surface area contributed by atoms with Gasteiger partial charge >= 0.3 is 0 Å². The fourth-order valence-electron chi connectivity index (χ4n) is 4.67. The van der Waals surface area contributed by atoms with Crippen molar-refractivity contribution >= 4 is 11.8 Å². The Hall–Kier alpha value is -2.63. The first-order chi connectivity index (χ1) is 15.9. The summed E-state index contributed by atoms with van der Waals surface area (Å²) in [5, 5.41) is 0. The molecule has 3 rings (SSSR count). The van der Waals surface area contributed by atoms with Crippen LogP contribution in [0.3, 0.4) is 0 Å². The van der Waals surface area contributed by atoms with E-state index in [0.29, 0.717) is 19.5 Å². The molecule has 5 nitrogen and oxygen atoms in total. The Labute approximate surface area is 197 Å². The van der Waals surface area contributed by atoms with Crippen LogP contribution in [0.4, 0.5) is 4.39 Å². The van der Waals surface area contributed by atoms with Crippen LogP contribution >= 0.6 is 0 Å². The van der Waals surface area contributed by atoms with Gasteiger partial charge in [-0.05, 0) is 50.1 Å². The van der Waals surface area contributed by atoms with Gasteiger partial charge in [0, 0.05) is 37.4 Å². The maximum atomic E-state index is 14.0. The van der Waals surface area contributed by atoms with Crippen molar-refractivity contribution in [1.29, 1.82) is 0 Å². The van der Waals surface area contributed by atoms with E-state index in [2.05, 4.69) is 11.5 Å². The summed E-state index contributed by atoms with van der Waals surface area (Å²) in [6.45, 7) is 7.38. The van der Waals surface area contributed by atoms with Crippen molar-refractivity contribution < 1.29 is 14.0 Å². The maximum Gasteiger partial charge on any atom is 0.243 e. The van der Waals surface area contributed by atoms with Crippen LogP contribution in [0.15, 0.2) is 42.6 Å². The summed E-state index contributed by atoms with van der Waals surface area (Å²) >= 11 is 0. The normalized spacial score (nSPS) is 15.5. The largest absolute Gasteiger partial charge is 0.348 e. The first-order valence-electron chi connectivity index (χ1n) is 12.4. The number of carbonyl (C=O) groups excluding carboxylic acids is 2. The molecule has 33 heavy (non-hydrogen) atoms. The molecule has 1 aromatic heterocycles. The molecule has 0 N–H and O–H groups in total. The van der Waals surface area contributed by atoms with Crippen LogP contribution in [-0.4, -0.2) is 45.3 Å². The highest BCUT2D eigenvalue weighted by molar-refractivity contribution is 5.85. The minimum absolute atomic E-state index is 0.0385. The molecule has 1 unspecified atom stereocenters. The number of hydrogen-bond acceptors (Lipinski definition) is 2. The zero-order valence-electron chi connectivity index (χ0n) is 20.3. The first-order valence-corrected chi connectivity index (χ1v) is 12.4. The Kier molecular flexibility index (Phi) is 9.10. The summed E-state index contributed by atoms with van der Waals surface area (Å²) < 4.78 is 16.1. The predicted octanol–water partition coefficient (Wildman–Crippen LogP) is 5.55.